The fourth-order valence-corrected chi connectivity index (χ4v) is 2.35. The van der Waals surface area contributed by atoms with Crippen LogP contribution < -0.4 is 4.74 Å². The van der Waals surface area contributed by atoms with E-state index in [9.17, 15) is 15.0 Å². The Kier molecular flexibility index (Phi) is 6.03. The number of carboxylic acids is 1. The maximum atomic E-state index is 11.5. The predicted molar refractivity (Wildman–Crippen MR) is 89.0 cm³/mol. The molecule has 2 aromatic rings. The topological polar surface area (TPSA) is 66.8 Å². The van der Waals surface area contributed by atoms with Gasteiger partial charge in [0.05, 0.1) is 12.5 Å². The molecule has 2 rings (SSSR count). The van der Waals surface area contributed by atoms with Crippen molar-refractivity contribution in [2.75, 3.05) is 6.61 Å². The molecule has 0 aliphatic rings. The summed E-state index contributed by atoms with van der Waals surface area (Å²) in [6.45, 7) is 2.81. The van der Waals surface area contributed by atoms with Crippen LogP contribution in [0.25, 0.3) is 0 Å². The van der Waals surface area contributed by atoms with E-state index in [4.69, 9.17) is 4.74 Å². The van der Waals surface area contributed by atoms with E-state index in [1.54, 1.807) is 12.1 Å². The van der Waals surface area contributed by atoms with Gasteiger partial charge >= 0.3 is 5.97 Å². The first-order chi connectivity index (χ1) is 11.1. The summed E-state index contributed by atoms with van der Waals surface area (Å²) in [5.41, 5.74) is 1.62. The van der Waals surface area contributed by atoms with Crippen molar-refractivity contribution < 1.29 is 19.7 Å². The van der Waals surface area contributed by atoms with E-state index in [0.29, 0.717) is 18.6 Å². The minimum Gasteiger partial charge on any atom is -0.508 e. The van der Waals surface area contributed by atoms with Gasteiger partial charge in [-0.25, -0.2) is 0 Å². The molecule has 4 nitrogen and oxygen atoms in total. The zero-order valence-electron chi connectivity index (χ0n) is 13.2. The number of phenols is 1. The Morgan fingerprint density at radius 2 is 1.74 bits per heavy atom. The number of carbonyl (C=O) groups is 1. The molecule has 0 spiro atoms. The highest BCUT2D eigenvalue weighted by Gasteiger charge is 2.20. The summed E-state index contributed by atoms with van der Waals surface area (Å²) in [6, 6.07) is 13.9. The molecule has 0 saturated heterocycles. The summed E-state index contributed by atoms with van der Waals surface area (Å²) in [6.07, 6.45) is 2.50. The van der Waals surface area contributed by atoms with E-state index in [1.165, 1.54) is 12.1 Å². The number of unbranched alkanes of at least 4 members (excludes halogenated alkanes) is 1. The summed E-state index contributed by atoms with van der Waals surface area (Å²) in [4.78, 5) is 11.5. The van der Waals surface area contributed by atoms with Crippen molar-refractivity contribution in [3.63, 3.8) is 0 Å². The number of phenolic OH excluding ortho intramolecular Hbond substituents is 1. The molecule has 2 aromatic carbocycles. The molecule has 122 valence electrons. The summed E-state index contributed by atoms with van der Waals surface area (Å²) in [5, 5.41) is 18.8. The SMILES string of the molecule is CCCCOc1ccc(CC(C(=O)O)c2ccc(O)cc2)cc1. The first-order valence-corrected chi connectivity index (χ1v) is 7.83. The molecule has 0 radical (unpaired) electrons. The molecule has 0 heterocycles. The number of hydrogen-bond donors (Lipinski definition) is 2. The van der Waals surface area contributed by atoms with Gasteiger partial charge in [-0.3, -0.25) is 4.79 Å². The zero-order chi connectivity index (χ0) is 16.7. The van der Waals surface area contributed by atoms with E-state index in [1.807, 2.05) is 24.3 Å². The number of benzene rings is 2. The van der Waals surface area contributed by atoms with Gasteiger partial charge in [0.2, 0.25) is 0 Å². The van der Waals surface area contributed by atoms with E-state index in [2.05, 4.69) is 6.92 Å². The highest BCUT2D eigenvalue weighted by Crippen LogP contribution is 2.24. The molecule has 0 aromatic heterocycles. The summed E-state index contributed by atoms with van der Waals surface area (Å²) in [5.74, 6) is -0.577. The highest BCUT2D eigenvalue weighted by molar-refractivity contribution is 5.76. The molecule has 0 bridgehead atoms. The van der Waals surface area contributed by atoms with Crippen LogP contribution in [0.4, 0.5) is 0 Å². The molecule has 0 amide bonds. The fourth-order valence-electron chi connectivity index (χ4n) is 2.35. The average molecular weight is 314 g/mol. The Labute approximate surface area is 136 Å². The van der Waals surface area contributed by atoms with Crippen molar-refractivity contribution >= 4 is 5.97 Å². The number of hydrogen-bond acceptors (Lipinski definition) is 3. The van der Waals surface area contributed by atoms with Crippen LogP contribution in [0.15, 0.2) is 48.5 Å². The van der Waals surface area contributed by atoms with Gasteiger partial charge in [0.1, 0.15) is 11.5 Å². The van der Waals surface area contributed by atoms with E-state index >= 15 is 0 Å². The quantitative estimate of drug-likeness (QED) is 0.723. The van der Waals surface area contributed by atoms with E-state index < -0.39 is 11.9 Å². The average Bonchev–Trinajstić information content (AvgIpc) is 2.55. The van der Waals surface area contributed by atoms with Crippen molar-refractivity contribution in [3.8, 4) is 11.5 Å². The summed E-state index contributed by atoms with van der Waals surface area (Å²) < 4.78 is 5.61. The van der Waals surface area contributed by atoms with Crippen LogP contribution in [-0.4, -0.2) is 22.8 Å². The van der Waals surface area contributed by atoms with Crippen molar-refractivity contribution in [2.24, 2.45) is 0 Å². The molecular formula is C19H22O4. The highest BCUT2D eigenvalue weighted by atomic mass is 16.5. The van der Waals surface area contributed by atoms with Crippen LogP contribution >= 0.6 is 0 Å². The third kappa shape index (κ3) is 5.02. The lowest BCUT2D eigenvalue weighted by Crippen LogP contribution is -2.14. The van der Waals surface area contributed by atoms with Crippen LogP contribution in [0.2, 0.25) is 0 Å². The van der Waals surface area contributed by atoms with Gasteiger partial charge in [-0.15, -0.1) is 0 Å². The molecule has 0 aliphatic heterocycles. The van der Waals surface area contributed by atoms with Crippen LogP contribution in [-0.2, 0) is 11.2 Å². The lowest BCUT2D eigenvalue weighted by molar-refractivity contribution is -0.138. The Morgan fingerprint density at radius 3 is 2.30 bits per heavy atom. The maximum Gasteiger partial charge on any atom is 0.311 e. The van der Waals surface area contributed by atoms with Crippen LogP contribution in [0.1, 0.15) is 36.8 Å². The second kappa shape index (κ2) is 8.22. The van der Waals surface area contributed by atoms with Crippen LogP contribution in [0, 0.1) is 0 Å². The molecule has 1 unspecified atom stereocenters. The van der Waals surface area contributed by atoms with Gasteiger partial charge in [-0.05, 0) is 48.2 Å². The Balaban J connectivity index is 2.05. The molecule has 0 aliphatic carbocycles. The monoisotopic (exact) mass is 314 g/mol. The lowest BCUT2D eigenvalue weighted by Gasteiger charge is -2.13. The molecule has 4 heteroatoms. The number of ether oxygens (including phenoxy) is 1. The van der Waals surface area contributed by atoms with Gasteiger partial charge in [0.25, 0.3) is 0 Å². The van der Waals surface area contributed by atoms with Crippen molar-refractivity contribution in [3.05, 3.63) is 59.7 Å². The molecule has 23 heavy (non-hydrogen) atoms. The van der Waals surface area contributed by atoms with Gasteiger partial charge < -0.3 is 14.9 Å². The Morgan fingerprint density at radius 1 is 1.09 bits per heavy atom. The van der Waals surface area contributed by atoms with Gasteiger partial charge in [0.15, 0.2) is 0 Å². The number of rotatable bonds is 8. The Bertz CT molecular complexity index is 617. The lowest BCUT2D eigenvalue weighted by atomic mass is 9.92. The smallest absolute Gasteiger partial charge is 0.311 e. The first-order valence-electron chi connectivity index (χ1n) is 7.83. The normalized spacial score (nSPS) is 11.9. The van der Waals surface area contributed by atoms with Gasteiger partial charge in [-0.1, -0.05) is 37.6 Å². The summed E-state index contributed by atoms with van der Waals surface area (Å²) >= 11 is 0. The molecule has 0 fully saturated rings. The zero-order valence-corrected chi connectivity index (χ0v) is 13.2. The second-order valence-corrected chi connectivity index (χ2v) is 5.53. The molecular weight excluding hydrogens is 292 g/mol. The van der Waals surface area contributed by atoms with E-state index in [-0.39, 0.29) is 5.75 Å². The van der Waals surface area contributed by atoms with Gasteiger partial charge in [0, 0.05) is 0 Å². The third-order valence-corrected chi connectivity index (χ3v) is 3.72. The fraction of sp³-hybridized carbons (Fsp3) is 0.316. The first kappa shape index (κ1) is 16.9. The van der Waals surface area contributed by atoms with Crippen molar-refractivity contribution in [2.45, 2.75) is 32.1 Å². The van der Waals surface area contributed by atoms with Gasteiger partial charge in [-0.2, -0.15) is 0 Å². The van der Waals surface area contributed by atoms with E-state index in [0.717, 1.165) is 24.2 Å². The molecule has 1 atom stereocenters. The van der Waals surface area contributed by atoms with Crippen LogP contribution in [0.5, 0.6) is 11.5 Å². The van der Waals surface area contributed by atoms with Crippen molar-refractivity contribution in [1.82, 2.24) is 0 Å². The number of aromatic hydroxyl groups is 1. The minimum absolute atomic E-state index is 0.131. The Hall–Kier alpha value is -2.49. The maximum absolute atomic E-state index is 11.5. The summed E-state index contributed by atoms with van der Waals surface area (Å²) in [7, 11) is 0. The largest absolute Gasteiger partial charge is 0.508 e. The third-order valence-electron chi connectivity index (χ3n) is 3.72. The number of carboxylic acid groups (broad SMARTS) is 1. The molecule has 2 N–H and O–H groups in total. The number of aliphatic carboxylic acids is 1. The van der Waals surface area contributed by atoms with Crippen LogP contribution in [0.3, 0.4) is 0 Å². The van der Waals surface area contributed by atoms with Crippen molar-refractivity contribution in [1.29, 1.82) is 0 Å². The molecule has 0 saturated carbocycles. The predicted octanol–water partition coefficient (Wildman–Crippen LogP) is 3.98. The standard InChI is InChI=1S/C19H22O4/c1-2-3-12-23-17-10-4-14(5-11-17)13-18(19(21)22)15-6-8-16(20)9-7-15/h4-11,18,20H,2-3,12-13H2,1H3,(H,21,22). The minimum atomic E-state index is -0.876. The second-order valence-electron chi connectivity index (χ2n) is 5.53.